The summed E-state index contributed by atoms with van der Waals surface area (Å²) in [6.07, 6.45) is 1.28. The second kappa shape index (κ2) is 4.99. The van der Waals surface area contributed by atoms with Crippen LogP contribution in [0.25, 0.3) is 0 Å². The summed E-state index contributed by atoms with van der Waals surface area (Å²) in [7, 11) is 4.29. The number of nitrogens with zero attached hydrogens (tertiary/aromatic N) is 1. The first-order valence-electron chi connectivity index (χ1n) is 4.77. The highest BCUT2D eigenvalue weighted by molar-refractivity contribution is 4.77. The van der Waals surface area contributed by atoms with Crippen molar-refractivity contribution in [2.24, 2.45) is 10.8 Å². The Morgan fingerprint density at radius 1 is 0.923 bits per heavy atom. The predicted molar refractivity (Wildman–Crippen MR) is 63.1 cm³/mol. The minimum atomic E-state index is 0. The molecular weight excluding hydrogens is 158 g/mol. The van der Waals surface area contributed by atoms with E-state index in [0.29, 0.717) is 10.8 Å². The lowest BCUT2D eigenvalue weighted by Gasteiger charge is -2.34. The first-order chi connectivity index (χ1) is 5.12. The smallest absolute Gasteiger partial charge is 0.00268 e. The van der Waals surface area contributed by atoms with Gasteiger partial charge in [0.05, 0.1) is 0 Å². The third-order valence-corrected chi connectivity index (χ3v) is 1.75. The van der Waals surface area contributed by atoms with Gasteiger partial charge >= 0.3 is 0 Å². The van der Waals surface area contributed by atoms with Gasteiger partial charge in [0.15, 0.2) is 0 Å². The van der Waals surface area contributed by atoms with E-state index in [1.807, 2.05) is 0 Å². The molecule has 0 saturated heterocycles. The van der Waals surface area contributed by atoms with Crippen molar-refractivity contribution in [2.75, 3.05) is 20.6 Å². The van der Waals surface area contributed by atoms with E-state index in [4.69, 9.17) is 0 Å². The predicted octanol–water partition coefficient (Wildman–Crippen LogP) is 3.65. The van der Waals surface area contributed by atoms with E-state index in [1.165, 1.54) is 13.0 Å². The zero-order valence-electron chi connectivity index (χ0n) is 9.86. The number of rotatable bonds is 3. The molecule has 1 nitrogen and oxygen atoms in total. The fourth-order valence-electron chi connectivity index (χ4n) is 2.35. The molecule has 0 aromatic carbocycles. The van der Waals surface area contributed by atoms with Crippen LogP contribution in [-0.4, -0.2) is 25.5 Å². The van der Waals surface area contributed by atoms with Crippen LogP contribution in [0.4, 0.5) is 0 Å². The fraction of sp³-hybridized carbons (Fsp3) is 1.00. The minimum absolute atomic E-state index is 0. The lowest BCUT2D eigenvalue weighted by molar-refractivity contribution is 0.162. The largest absolute Gasteiger partial charge is 0.309 e. The normalized spacial score (nSPS) is 12.9. The van der Waals surface area contributed by atoms with Gasteiger partial charge in [0, 0.05) is 6.54 Å². The molecule has 0 rings (SSSR count). The van der Waals surface area contributed by atoms with Crippen LogP contribution in [0, 0.1) is 10.8 Å². The molecule has 0 aromatic rings. The van der Waals surface area contributed by atoms with Gasteiger partial charge in [0.1, 0.15) is 0 Å². The molecule has 0 radical (unpaired) electrons. The molecule has 0 heterocycles. The Kier molecular flexibility index (Phi) is 5.93. The molecule has 0 aromatic heterocycles. The first kappa shape index (κ1) is 15.4. The molecule has 0 aliphatic heterocycles. The quantitative estimate of drug-likeness (QED) is 0.652. The van der Waals surface area contributed by atoms with Gasteiger partial charge in [-0.25, -0.2) is 0 Å². The molecule has 0 N–H and O–H groups in total. The number of hydrogen-bond acceptors (Lipinski definition) is 1. The van der Waals surface area contributed by atoms with Crippen LogP contribution >= 0.6 is 0 Å². The molecule has 0 unspecified atom stereocenters. The Labute approximate surface area is 85.5 Å². The van der Waals surface area contributed by atoms with Crippen LogP contribution in [-0.2, 0) is 0 Å². The summed E-state index contributed by atoms with van der Waals surface area (Å²) in [5, 5.41) is 0. The van der Waals surface area contributed by atoms with Crippen LogP contribution < -0.4 is 0 Å². The lowest BCUT2D eigenvalue weighted by Crippen LogP contribution is -2.32. The molecule has 13 heavy (non-hydrogen) atoms. The molecule has 82 valence electrons. The Morgan fingerprint density at radius 2 is 1.31 bits per heavy atom. The Bertz CT molecular complexity index is 129. The summed E-state index contributed by atoms with van der Waals surface area (Å²) < 4.78 is 0. The number of hydrogen-bond donors (Lipinski definition) is 0. The standard InChI is InChI=1S/C11H25N.CH4/c1-10(2,3)8-11(4,5)9-12(6)7;/h8-9H2,1-7H3;1H4. The summed E-state index contributed by atoms with van der Waals surface area (Å²) in [5.41, 5.74) is 0.876. The summed E-state index contributed by atoms with van der Waals surface area (Å²) >= 11 is 0. The maximum absolute atomic E-state index is 2.35. The van der Waals surface area contributed by atoms with Gasteiger partial charge in [-0.3, -0.25) is 0 Å². The van der Waals surface area contributed by atoms with Gasteiger partial charge in [-0.05, 0) is 31.3 Å². The van der Waals surface area contributed by atoms with E-state index < -0.39 is 0 Å². The van der Waals surface area contributed by atoms with Crippen molar-refractivity contribution in [2.45, 2.75) is 48.5 Å². The second-order valence-electron chi connectivity index (χ2n) is 6.14. The molecular formula is C12H29N. The highest BCUT2D eigenvalue weighted by Gasteiger charge is 2.25. The van der Waals surface area contributed by atoms with Gasteiger partial charge in [0.2, 0.25) is 0 Å². The molecule has 0 aliphatic rings. The third-order valence-electron chi connectivity index (χ3n) is 1.75. The van der Waals surface area contributed by atoms with Crippen molar-refractivity contribution >= 4 is 0 Å². The lowest BCUT2D eigenvalue weighted by atomic mass is 9.76. The van der Waals surface area contributed by atoms with Crippen molar-refractivity contribution in [1.82, 2.24) is 4.90 Å². The third kappa shape index (κ3) is 9.88. The highest BCUT2D eigenvalue weighted by atomic mass is 15.1. The fourth-order valence-corrected chi connectivity index (χ4v) is 2.35. The van der Waals surface area contributed by atoms with Gasteiger partial charge in [-0.1, -0.05) is 42.0 Å². The van der Waals surface area contributed by atoms with Crippen molar-refractivity contribution in [3.63, 3.8) is 0 Å². The molecule has 0 aliphatic carbocycles. The first-order valence-corrected chi connectivity index (χ1v) is 4.77. The van der Waals surface area contributed by atoms with E-state index in [-0.39, 0.29) is 7.43 Å². The maximum Gasteiger partial charge on any atom is 0.00268 e. The Hall–Kier alpha value is -0.0400. The van der Waals surface area contributed by atoms with E-state index in [0.717, 1.165) is 0 Å². The van der Waals surface area contributed by atoms with E-state index in [1.54, 1.807) is 0 Å². The van der Waals surface area contributed by atoms with Crippen molar-refractivity contribution in [3.8, 4) is 0 Å². The highest BCUT2D eigenvalue weighted by Crippen LogP contribution is 2.33. The summed E-state index contributed by atoms with van der Waals surface area (Å²) in [6.45, 7) is 12.8. The molecule has 0 bridgehead atoms. The monoisotopic (exact) mass is 187 g/mol. The van der Waals surface area contributed by atoms with Crippen LogP contribution in [0.2, 0.25) is 0 Å². The van der Waals surface area contributed by atoms with Gasteiger partial charge in [-0.15, -0.1) is 0 Å². The van der Waals surface area contributed by atoms with Crippen molar-refractivity contribution < 1.29 is 0 Å². The average molecular weight is 187 g/mol. The molecule has 0 atom stereocenters. The maximum atomic E-state index is 2.35. The molecule has 0 spiro atoms. The van der Waals surface area contributed by atoms with E-state index in [2.05, 4.69) is 53.6 Å². The van der Waals surface area contributed by atoms with Crippen molar-refractivity contribution in [3.05, 3.63) is 0 Å². The molecule has 0 amide bonds. The second-order valence-corrected chi connectivity index (χ2v) is 6.14. The van der Waals surface area contributed by atoms with E-state index in [9.17, 15) is 0 Å². The minimum Gasteiger partial charge on any atom is -0.309 e. The van der Waals surface area contributed by atoms with Crippen LogP contribution in [0.3, 0.4) is 0 Å². The van der Waals surface area contributed by atoms with Crippen LogP contribution in [0.5, 0.6) is 0 Å². The topological polar surface area (TPSA) is 3.24 Å². The molecule has 1 heteroatoms. The Morgan fingerprint density at radius 3 is 1.54 bits per heavy atom. The zero-order valence-corrected chi connectivity index (χ0v) is 9.86. The summed E-state index contributed by atoms with van der Waals surface area (Å²) in [5.74, 6) is 0. The Balaban J connectivity index is 0. The molecule has 0 saturated carbocycles. The van der Waals surface area contributed by atoms with Crippen LogP contribution in [0.15, 0.2) is 0 Å². The van der Waals surface area contributed by atoms with E-state index >= 15 is 0 Å². The average Bonchev–Trinajstić information content (AvgIpc) is 1.48. The van der Waals surface area contributed by atoms with Gasteiger partial charge in [-0.2, -0.15) is 0 Å². The van der Waals surface area contributed by atoms with Crippen LogP contribution in [0.1, 0.15) is 48.5 Å². The zero-order chi connectivity index (χ0) is 9.99. The summed E-state index contributed by atoms with van der Waals surface area (Å²) in [6, 6.07) is 0. The summed E-state index contributed by atoms with van der Waals surface area (Å²) in [4.78, 5) is 2.27. The van der Waals surface area contributed by atoms with Gasteiger partial charge in [0.25, 0.3) is 0 Å². The SMILES string of the molecule is C.CN(C)CC(C)(C)CC(C)(C)C. The van der Waals surface area contributed by atoms with Gasteiger partial charge < -0.3 is 4.90 Å². The molecule has 0 fully saturated rings. The van der Waals surface area contributed by atoms with Crippen molar-refractivity contribution in [1.29, 1.82) is 0 Å².